The summed E-state index contributed by atoms with van der Waals surface area (Å²) in [4.78, 5) is 26.1. The Bertz CT molecular complexity index is 779. The molecule has 1 N–H and O–H groups in total. The Morgan fingerprint density at radius 2 is 2.07 bits per heavy atom. The molecule has 7 nitrogen and oxygen atoms in total. The van der Waals surface area contributed by atoms with Crippen molar-refractivity contribution in [2.75, 3.05) is 31.6 Å². The minimum absolute atomic E-state index is 0.140. The molecule has 0 saturated carbocycles. The third-order valence-corrected chi connectivity index (χ3v) is 3.68. The van der Waals surface area contributed by atoms with Crippen LogP contribution in [-0.4, -0.2) is 48.2 Å². The van der Waals surface area contributed by atoms with Crippen molar-refractivity contribution >= 4 is 17.6 Å². The number of carbonyl (C=O) groups is 2. The van der Waals surface area contributed by atoms with Gasteiger partial charge in [-0.3, -0.25) is 9.59 Å². The number of hydrogen-bond acceptors (Lipinski definition) is 5. The van der Waals surface area contributed by atoms with Crippen LogP contribution in [0.5, 0.6) is 0 Å². The number of nitrogens with zero attached hydrogens (tertiary/aromatic N) is 2. The topological polar surface area (TPSA) is 84.7 Å². The van der Waals surface area contributed by atoms with Crippen LogP contribution in [0.3, 0.4) is 0 Å². The van der Waals surface area contributed by atoms with Crippen LogP contribution in [0.4, 0.5) is 19.0 Å². The molecule has 1 heterocycles. The Morgan fingerprint density at radius 1 is 1.29 bits per heavy atom. The van der Waals surface area contributed by atoms with Gasteiger partial charge in [-0.25, -0.2) is 0 Å². The quantitative estimate of drug-likeness (QED) is 0.655. The SMILES string of the molecule is CCOCCCN(CC(=O)Nc1ccon1)C(=O)c1cccc(C(F)(F)F)c1. The number of nitrogens with one attached hydrogen (secondary N) is 1. The van der Waals surface area contributed by atoms with E-state index < -0.39 is 23.6 Å². The van der Waals surface area contributed by atoms with Crippen LogP contribution in [0.15, 0.2) is 41.1 Å². The highest BCUT2D eigenvalue weighted by Gasteiger charge is 2.31. The molecule has 0 aliphatic rings. The van der Waals surface area contributed by atoms with E-state index in [0.717, 1.165) is 18.2 Å². The number of ether oxygens (including phenoxy) is 1. The molecule has 0 spiro atoms. The average Bonchev–Trinajstić information content (AvgIpc) is 3.16. The second kappa shape index (κ2) is 9.88. The standard InChI is InChI=1S/C18H20F3N3O4/c1-2-27-9-4-8-24(12-16(25)22-15-7-10-28-23-15)17(26)13-5-3-6-14(11-13)18(19,20)21/h3,5-7,10-11H,2,4,8-9,12H2,1H3,(H,22,23,25). The Kier molecular flexibility index (Phi) is 7.56. The molecule has 0 unspecified atom stereocenters. The molecule has 1 aromatic heterocycles. The summed E-state index contributed by atoms with van der Waals surface area (Å²) in [6.45, 7) is 2.45. The van der Waals surface area contributed by atoms with Crippen LogP contribution < -0.4 is 5.32 Å². The number of benzene rings is 1. The van der Waals surface area contributed by atoms with Gasteiger partial charge in [0, 0.05) is 31.4 Å². The molecule has 2 aromatic rings. The third kappa shape index (κ3) is 6.38. The fourth-order valence-electron chi connectivity index (χ4n) is 2.40. The summed E-state index contributed by atoms with van der Waals surface area (Å²) in [7, 11) is 0. The van der Waals surface area contributed by atoms with Gasteiger partial charge in [-0.15, -0.1) is 0 Å². The molecule has 0 atom stereocenters. The first-order chi connectivity index (χ1) is 13.3. The summed E-state index contributed by atoms with van der Waals surface area (Å²) in [5.41, 5.74) is -1.08. The zero-order chi connectivity index (χ0) is 20.6. The van der Waals surface area contributed by atoms with Crippen molar-refractivity contribution < 1.29 is 32.0 Å². The van der Waals surface area contributed by atoms with Gasteiger partial charge in [0.25, 0.3) is 5.91 Å². The summed E-state index contributed by atoms with van der Waals surface area (Å²) >= 11 is 0. The van der Waals surface area contributed by atoms with Gasteiger partial charge in [0.1, 0.15) is 12.8 Å². The molecule has 0 aliphatic heterocycles. The van der Waals surface area contributed by atoms with Gasteiger partial charge >= 0.3 is 6.18 Å². The molecule has 28 heavy (non-hydrogen) atoms. The highest BCUT2D eigenvalue weighted by Crippen LogP contribution is 2.29. The zero-order valence-corrected chi connectivity index (χ0v) is 15.2. The van der Waals surface area contributed by atoms with Gasteiger partial charge in [0.15, 0.2) is 5.82 Å². The average molecular weight is 399 g/mol. The van der Waals surface area contributed by atoms with Crippen LogP contribution in [0.1, 0.15) is 29.3 Å². The maximum Gasteiger partial charge on any atom is 0.416 e. The smallest absolute Gasteiger partial charge is 0.382 e. The number of hydrogen-bond donors (Lipinski definition) is 1. The minimum Gasteiger partial charge on any atom is -0.382 e. The second-order valence-corrected chi connectivity index (χ2v) is 5.79. The van der Waals surface area contributed by atoms with Gasteiger partial charge in [0.2, 0.25) is 5.91 Å². The van der Waals surface area contributed by atoms with Gasteiger partial charge in [-0.2, -0.15) is 13.2 Å². The van der Waals surface area contributed by atoms with Crippen LogP contribution in [-0.2, 0) is 15.7 Å². The van der Waals surface area contributed by atoms with E-state index in [9.17, 15) is 22.8 Å². The number of alkyl halides is 3. The van der Waals surface area contributed by atoms with E-state index in [1.54, 1.807) is 0 Å². The predicted octanol–water partition coefficient (Wildman–Crippen LogP) is 3.20. The minimum atomic E-state index is -4.57. The van der Waals surface area contributed by atoms with Gasteiger partial charge in [-0.05, 0) is 31.5 Å². The second-order valence-electron chi connectivity index (χ2n) is 5.79. The molecule has 2 rings (SSSR count). The van der Waals surface area contributed by atoms with Crippen molar-refractivity contribution in [3.8, 4) is 0 Å². The first-order valence-electron chi connectivity index (χ1n) is 8.55. The first-order valence-corrected chi connectivity index (χ1v) is 8.55. The molecule has 0 radical (unpaired) electrons. The lowest BCUT2D eigenvalue weighted by Gasteiger charge is -2.22. The van der Waals surface area contributed by atoms with Crippen LogP contribution in [0.2, 0.25) is 0 Å². The lowest BCUT2D eigenvalue weighted by atomic mass is 10.1. The van der Waals surface area contributed by atoms with E-state index in [1.807, 2.05) is 6.92 Å². The van der Waals surface area contributed by atoms with Crippen LogP contribution >= 0.6 is 0 Å². The summed E-state index contributed by atoms with van der Waals surface area (Å²) in [6, 6.07) is 5.51. The number of carbonyl (C=O) groups excluding carboxylic acids is 2. The van der Waals surface area contributed by atoms with E-state index >= 15 is 0 Å². The lowest BCUT2D eigenvalue weighted by molar-refractivity contribution is -0.137. The maximum absolute atomic E-state index is 12.9. The molecule has 0 saturated heterocycles. The molecule has 0 bridgehead atoms. The monoisotopic (exact) mass is 399 g/mol. The number of rotatable bonds is 9. The molecule has 0 aliphatic carbocycles. The molecular weight excluding hydrogens is 379 g/mol. The summed E-state index contributed by atoms with van der Waals surface area (Å²) < 4.78 is 48.6. The number of halogens is 3. The van der Waals surface area contributed by atoms with E-state index in [4.69, 9.17) is 4.74 Å². The van der Waals surface area contributed by atoms with Crippen molar-refractivity contribution in [3.05, 3.63) is 47.7 Å². The largest absolute Gasteiger partial charge is 0.416 e. The Morgan fingerprint density at radius 3 is 2.71 bits per heavy atom. The Labute approximate surface area is 159 Å². The highest BCUT2D eigenvalue weighted by molar-refractivity contribution is 5.99. The van der Waals surface area contributed by atoms with Gasteiger partial charge in [-0.1, -0.05) is 11.2 Å². The molecular formula is C18H20F3N3O4. The van der Waals surface area contributed by atoms with Crippen LogP contribution in [0, 0.1) is 0 Å². The van der Waals surface area contributed by atoms with E-state index in [1.165, 1.54) is 23.3 Å². The maximum atomic E-state index is 12.9. The highest BCUT2D eigenvalue weighted by atomic mass is 19.4. The van der Waals surface area contributed by atoms with Crippen LogP contribution in [0.25, 0.3) is 0 Å². The first kappa shape index (κ1) is 21.4. The van der Waals surface area contributed by atoms with Gasteiger partial charge in [0.05, 0.1) is 5.56 Å². The lowest BCUT2D eigenvalue weighted by Crippen LogP contribution is -2.39. The Hall–Kier alpha value is -2.88. The van der Waals surface area contributed by atoms with E-state index in [-0.39, 0.29) is 24.5 Å². The number of aromatic nitrogens is 1. The molecule has 152 valence electrons. The van der Waals surface area contributed by atoms with E-state index in [0.29, 0.717) is 19.6 Å². The molecule has 10 heteroatoms. The summed E-state index contributed by atoms with van der Waals surface area (Å²) in [6.07, 6.45) is -2.88. The molecule has 2 amide bonds. The van der Waals surface area contributed by atoms with Crippen molar-refractivity contribution in [3.63, 3.8) is 0 Å². The van der Waals surface area contributed by atoms with Crippen molar-refractivity contribution in [1.29, 1.82) is 0 Å². The van der Waals surface area contributed by atoms with Crippen molar-refractivity contribution in [1.82, 2.24) is 10.1 Å². The molecule has 0 fully saturated rings. The van der Waals surface area contributed by atoms with E-state index in [2.05, 4.69) is 15.0 Å². The fourth-order valence-corrected chi connectivity index (χ4v) is 2.40. The summed E-state index contributed by atoms with van der Waals surface area (Å²) in [5, 5.41) is 5.98. The van der Waals surface area contributed by atoms with Gasteiger partial charge < -0.3 is 19.5 Å². The third-order valence-electron chi connectivity index (χ3n) is 3.68. The number of amides is 2. The predicted molar refractivity (Wildman–Crippen MR) is 93.6 cm³/mol. The number of anilines is 1. The molecule has 1 aromatic carbocycles. The van der Waals surface area contributed by atoms with Crippen molar-refractivity contribution in [2.24, 2.45) is 0 Å². The fraction of sp³-hybridized carbons (Fsp3) is 0.389. The normalized spacial score (nSPS) is 11.3. The Balaban J connectivity index is 2.12. The van der Waals surface area contributed by atoms with Crippen molar-refractivity contribution in [2.45, 2.75) is 19.5 Å². The zero-order valence-electron chi connectivity index (χ0n) is 15.2. The summed E-state index contributed by atoms with van der Waals surface area (Å²) in [5.74, 6) is -1.06.